The molecule has 1 aromatic heterocycles. The maximum absolute atomic E-state index is 4.16. The Kier molecular flexibility index (Phi) is 2.55. The number of benzene rings is 1. The van der Waals surface area contributed by atoms with E-state index in [0.717, 1.165) is 18.1 Å². The third-order valence-corrected chi connectivity index (χ3v) is 3.09. The van der Waals surface area contributed by atoms with Crippen LogP contribution in [0.3, 0.4) is 0 Å². The van der Waals surface area contributed by atoms with Crippen LogP contribution < -0.4 is 5.32 Å². The van der Waals surface area contributed by atoms with Gasteiger partial charge in [0.25, 0.3) is 0 Å². The summed E-state index contributed by atoms with van der Waals surface area (Å²) in [5.74, 6) is 1.02. The summed E-state index contributed by atoms with van der Waals surface area (Å²) in [5, 5.41) is 11.5. The van der Waals surface area contributed by atoms with Gasteiger partial charge in [-0.2, -0.15) is 0 Å². The summed E-state index contributed by atoms with van der Waals surface area (Å²) >= 11 is 0. The fourth-order valence-corrected chi connectivity index (χ4v) is 1.90. The van der Waals surface area contributed by atoms with Crippen molar-refractivity contribution in [2.75, 3.05) is 5.32 Å². The summed E-state index contributed by atoms with van der Waals surface area (Å²) in [6, 6.07) is 9.03. The molecule has 2 aromatic rings. The van der Waals surface area contributed by atoms with Crippen LogP contribution in [0.5, 0.6) is 0 Å². The molecule has 0 aliphatic heterocycles. The maximum atomic E-state index is 4.16. The van der Waals surface area contributed by atoms with Crippen LogP contribution in [0.1, 0.15) is 30.3 Å². The predicted octanol–water partition coefficient (Wildman–Crippen LogP) is 2.53. The number of nitrogens with zero attached hydrogens (tertiary/aromatic N) is 3. The van der Waals surface area contributed by atoms with E-state index in [0.29, 0.717) is 6.04 Å². The van der Waals surface area contributed by atoms with Crippen LogP contribution >= 0.6 is 0 Å². The smallest absolute Gasteiger partial charge is 0.152 e. The molecule has 0 saturated heterocycles. The standard InChI is InChI=1S/C13H16N4/c1-10-2-4-11(5-3-10)14-8-13-16-15-9-17(13)12-6-7-12/h2-5,9,12,14H,6-8H2,1H3. The highest BCUT2D eigenvalue weighted by molar-refractivity contribution is 5.44. The van der Waals surface area contributed by atoms with E-state index < -0.39 is 0 Å². The molecular weight excluding hydrogens is 212 g/mol. The molecule has 1 aliphatic carbocycles. The molecule has 88 valence electrons. The Morgan fingerprint density at radius 2 is 2.06 bits per heavy atom. The first-order chi connectivity index (χ1) is 8.33. The van der Waals surface area contributed by atoms with Crippen molar-refractivity contribution in [2.24, 2.45) is 0 Å². The van der Waals surface area contributed by atoms with E-state index in [-0.39, 0.29) is 0 Å². The molecule has 1 N–H and O–H groups in total. The lowest BCUT2D eigenvalue weighted by molar-refractivity contribution is 0.690. The molecule has 4 nitrogen and oxygen atoms in total. The zero-order valence-corrected chi connectivity index (χ0v) is 9.93. The molecule has 0 unspecified atom stereocenters. The predicted molar refractivity (Wildman–Crippen MR) is 66.8 cm³/mol. The molecule has 1 heterocycles. The van der Waals surface area contributed by atoms with E-state index in [1.807, 2.05) is 6.33 Å². The third-order valence-electron chi connectivity index (χ3n) is 3.09. The quantitative estimate of drug-likeness (QED) is 0.874. The molecule has 0 atom stereocenters. The number of hydrogen-bond acceptors (Lipinski definition) is 3. The van der Waals surface area contributed by atoms with E-state index in [4.69, 9.17) is 0 Å². The lowest BCUT2D eigenvalue weighted by atomic mass is 10.2. The fraction of sp³-hybridized carbons (Fsp3) is 0.385. The van der Waals surface area contributed by atoms with E-state index in [1.54, 1.807) is 0 Å². The summed E-state index contributed by atoms with van der Waals surface area (Å²) in [4.78, 5) is 0. The minimum absolute atomic E-state index is 0.639. The molecule has 4 heteroatoms. The summed E-state index contributed by atoms with van der Waals surface area (Å²) in [5.41, 5.74) is 2.40. The average molecular weight is 228 g/mol. The molecule has 1 saturated carbocycles. The number of rotatable bonds is 4. The van der Waals surface area contributed by atoms with E-state index >= 15 is 0 Å². The van der Waals surface area contributed by atoms with Crippen LogP contribution in [0.25, 0.3) is 0 Å². The number of nitrogens with one attached hydrogen (secondary N) is 1. The Bertz CT molecular complexity index is 496. The molecule has 3 rings (SSSR count). The van der Waals surface area contributed by atoms with Gasteiger partial charge in [-0.25, -0.2) is 0 Å². The molecule has 0 bridgehead atoms. The number of hydrogen-bond donors (Lipinski definition) is 1. The normalized spacial score (nSPS) is 14.9. The van der Waals surface area contributed by atoms with Gasteiger partial charge in [0.05, 0.1) is 6.54 Å². The van der Waals surface area contributed by atoms with Gasteiger partial charge in [0.15, 0.2) is 5.82 Å². The topological polar surface area (TPSA) is 42.7 Å². The van der Waals surface area contributed by atoms with Crippen LogP contribution in [0.15, 0.2) is 30.6 Å². The Hall–Kier alpha value is -1.84. The van der Waals surface area contributed by atoms with Gasteiger partial charge in [0.2, 0.25) is 0 Å². The van der Waals surface area contributed by atoms with E-state index in [1.165, 1.54) is 18.4 Å². The highest BCUT2D eigenvalue weighted by Gasteiger charge is 2.25. The highest BCUT2D eigenvalue weighted by Crippen LogP contribution is 2.35. The van der Waals surface area contributed by atoms with Gasteiger partial charge in [-0.1, -0.05) is 17.7 Å². The van der Waals surface area contributed by atoms with Crippen LogP contribution in [-0.4, -0.2) is 14.8 Å². The summed E-state index contributed by atoms with van der Waals surface area (Å²) < 4.78 is 2.18. The minimum atomic E-state index is 0.639. The molecule has 17 heavy (non-hydrogen) atoms. The Morgan fingerprint density at radius 3 is 2.76 bits per heavy atom. The second-order valence-corrected chi connectivity index (χ2v) is 4.61. The molecule has 1 aromatic carbocycles. The van der Waals surface area contributed by atoms with Crippen molar-refractivity contribution >= 4 is 5.69 Å². The largest absolute Gasteiger partial charge is 0.378 e. The van der Waals surface area contributed by atoms with Gasteiger partial charge in [-0.15, -0.1) is 10.2 Å². The fourth-order valence-electron chi connectivity index (χ4n) is 1.90. The van der Waals surface area contributed by atoms with Gasteiger partial charge in [0, 0.05) is 11.7 Å². The van der Waals surface area contributed by atoms with Crippen LogP contribution in [-0.2, 0) is 6.54 Å². The van der Waals surface area contributed by atoms with Crippen molar-refractivity contribution in [1.29, 1.82) is 0 Å². The first kappa shape index (κ1) is 10.3. The van der Waals surface area contributed by atoms with Gasteiger partial charge in [-0.3, -0.25) is 0 Å². The first-order valence-corrected chi connectivity index (χ1v) is 6.02. The van der Waals surface area contributed by atoms with Crippen molar-refractivity contribution in [3.63, 3.8) is 0 Å². The lowest BCUT2D eigenvalue weighted by Gasteiger charge is -2.07. The highest BCUT2D eigenvalue weighted by atomic mass is 15.3. The summed E-state index contributed by atoms with van der Waals surface area (Å²) in [6.07, 6.45) is 4.36. The third kappa shape index (κ3) is 2.30. The zero-order chi connectivity index (χ0) is 11.7. The van der Waals surface area contributed by atoms with Crippen LogP contribution in [0.2, 0.25) is 0 Å². The Balaban J connectivity index is 1.67. The Labute approximate surface area is 101 Å². The average Bonchev–Trinajstić information content (AvgIpc) is 3.08. The zero-order valence-electron chi connectivity index (χ0n) is 9.93. The Morgan fingerprint density at radius 1 is 1.29 bits per heavy atom. The monoisotopic (exact) mass is 228 g/mol. The maximum Gasteiger partial charge on any atom is 0.152 e. The molecule has 1 fully saturated rings. The summed E-state index contributed by atoms with van der Waals surface area (Å²) in [6.45, 7) is 2.83. The van der Waals surface area contributed by atoms with Gasteiger partial charge < -0.3 is 9.88 Å². The second kappa shape index (κ2) is 4.20. The van der Waals surface area contributed by atoms with Crippen molar-refractivity contribution in [3.05, 3.63) is 42.0 Å². The van der Waals surface area contributed by atoms with Crippen molar-refractivity contribution in [2.45, 2.75) is 32.4 Å². The summed E-state index contributed by atoms with van der Waals surface area (Å²) in [7, 11) is 0. The molecule has 0 spiro atoms. The van der Waals surface area contributed by atoms with Crippen molar-refractivity contribution in [3.8, 4) is 0 Å². The van der Waals surface area contributed by atoms with Crippen molar-refractivity contribution < 1.29 is 0 Å². The number of anilines is 1. The second-order valence-electron chi connectivity index (χ2n) is 4.61. The van der Waals surface area contributed by atoms with E-state index in [2.05, 4.69) is 51.3 Å². The number of aryl methyl sites for hydroxylation is 1. The minimum Gasteiger partial charge on any atom is -0.378 e. The van der Waals surface area contributed by atoms with Crippen LogP contribution in [0, 0.1) is 6.92 Å². The van der Waals surface area contributed by atoms with Crippen molar-refractivity contribution in [1.82, 2.24) is 14.8 Å². The molecular formula is C13H16N4. The SMILES string of the molecule is Cc1ccc(NCc2nncn2C2CC2)cc1. The van der Waals surface area contributed by atoms with Gasteiger partial charge in [-0.05, 0) is 31.9 Å². The van der Waals surface area contributed by atoms with Gasteiger partial charge in [0.1, 0.15) is 6.33 Å². The molecule has 0 amide bonds. The first-order valence-electron chi connectivity index (χ1n) is 6.02. The lowest BCUT2D eigenvalue weighted by Crippen LogP contribution is -2.07. The number of aromatic nitrogens is 3. The van der Waals surface area contributed by atoms with E-state index in [9.17, 15) is 0 Å². The molecule has 1 aliphatic rings. The molecule has 0 radical (unpaired) electrons. The van der Waals surface area contributed by atoms with Gasteiger partial charge >= 0.3 is 0 Å². The van der Waals surface area contributed by atoms with Crippen LogP contribution in [0.4, 0.5) is 5.69 Å².